The van der Waals surface area contributed by atoms with Gasteiger partial charge in [-0.25, -0.2) is 0 Å². The number of nitrogens with zero attached hydrogens (tertiary/aromatic N) is 2. The lowest BCUT2D eigenvalue weighted by atomic mass is 9.84. The van der Waals surface area contributed by atoms with Crippen molar-refractivity contribution in [3.8, 4) is 22.3 Å². The summed E-state index contributed by atoms with van der Waals surface area (Å²) in [5.74, 6) is 0. The minimum atomic E-state index is 1.14. The van der Waals surface area contributed by atoms with E-state index in [1.807, 2.05) is 0 Å². The highest BCUT2D eigenvalue weighted by Crippen LogP contribution is 2.53. The van der Waals surface area contributed by atoms with Crippen LogP contribution in [0.25, 0.3) is 76.1 Å². The van der Waals surface area contributed by atoms with Crippen molar-refractivity contribution in [3.63, 3.8) is 0 Å². The Morgan fingerprint density at radius 1 is 0.243 bits per heavy atom. The average molecular weight is 901 g/mol. The molecular formula is C68H56N2. The van der Waals surface area contributed by atoms with E-state index in [1.165, 1.54) is 121 Å². The predicted octanol–water partition coefficient (Wildman–Crippen LogP) is 19.6. The summed E-state index contributed by atoms with van der Waals surface area (Å²) in [7, 11) is 0. The Bertz CT molecular complexity index is 3690. The lowest BCUT2D eigenvalue weighted by Gasteiger charge is -2.31. The standard InChI is InChI=1S/C68H56N2/c1-41-17-25-55(33-45(41)5)69(56-26-18-42(2)46(6)34-56)65-39-63(53-23-21-49-13-9-11-15-51(49)37-53)59-30-32-62-66(70(57-27-19-43(3)47(7)35-57)58-28-20-44(4)48(8)36-58)40-64(60-29-31-61(65)67(59)68(60)62)54-24-22-50-14-10-12-16-52(50)38-54/h9-40H,1-8H3. The Labute approximate surface area is 412 Å². The second-order valence-corrected chi connectivity index (χ2v) is 19.8. The van der Waals surface area contributed by atoms with E-state index in [-0.39, 0.29) is 0 Å². The molecule has 0 bridgehead atoms. The van der Waals surface area contributed by atoms with Crippen molar-refractivity contribution in [2.24, 2.45) is 0 Å². The zero-order valence-electron chi connectivity index (χ0n) is 41.4. The number of rotatable bonds is 8. The molecule has 12 aromatic carbocycles. The predicted molar refractivity (Wildman–Crippen MR) is 303 cm³/mol. The van der Waals surface area contributed by atoms with Gasteiger partial charge in [0.2, 0.25) is 0 Å². The molecule has 0 amide bonds. The maximum atomic E-state index is 2.51. The molecule has 0 N–H and O–H groups in total. The van der Waals surface area contributed by atoms with Crippen LogP contribution in [0.1, 0.15) is 44.5 Å². The minimum Gasteiger partial charge on any atom is -0.310 e. The molecule has 0 unspecified atom stereocenters. The maximum Gasteiger partial charge on any atom is 0.0546 e. The van der Waals surface area contributed by atoms with Gasteiger partial charge in [0.05, 0.1) is 11.4 Å². The molecule has 0 radical (unpaired) electrons. The molecule has 0 spiro atoms. The van der Waals surface area contributed by atoms with Crippen molar-refractivity contribution in [3.05, 3.63) is 239 Å². The number of fused-ring (bicyclic) bond motifs is 2. The van der Waals surface area contributed by atoms with E-state index in [9.17, 15) is 0 Å². The van der Waals surface area contributed by atoms with Crippen molar-refractivity contribution in [2.45, 2.75) is 55.4 Å². The monoisotopic (exact) mass is 900 g/mol. The summed E-state index contributed by atoms with van der Waals surface area (Å²) in [4.78, 5) is 5.02. The molecule has 12 aromatic rings. The van der Waals surface area contributed by atoms with Crippen molar-refractivity contribution < 1.29 is 0 Å². The van der Waals surface area contributed by atoms with Crippen LogP contribution in [0.2, 0.25) is 0 Å². The number of hydrogen-bond acceptors (Lipinski definition) is 2. The molecule has 12 rings (SSSR count). The molecule has 0 saturated heterocycles. The van der Waals surface area contributed by atoms with Crippen LogP contribution in [0.15, 0.2) is 194 Å². The van der Waals surface area contributed by atoms with Crippen LogP contribution in [0.3, 0.4) is 0 Å². The Kier molecular flexibility index (Phi) is 10.3. The number of benzene rings is 12. The summed E-state index contributed by atoms with van der Waals surface area (Å²) in [6, 6.07) is 73.7. The van der Waals surface area contributed by atoms with Gasteiger partial charge >= 0.3 is 0 Å². The third kappa shape index (κ3) is 7.17. The fourth-order valence-corrected chi connectivity index (χ4v) is 10.8. The summed E-state index contributed by atoms with van der Waals surface area (Å²) >= 11 is 0. The zero-order chi connectivity index (χ0) is 47.9. The first-order valence-corrected chi connectivity index (χ1v) is 24.7. The maximum absolute atomic E-state index is 2.51. The van der Waals surface area contributed by atoms with E-state index in [0.29, 0.717) is 0 Å². The van der Waals surface area contributed by atoms with Crippen LogP contribution < -0.4 is 9.80 Å². The third-order valence-corrected chi connectivity index (χ3v) is 15.5. The van der Waals surface area contributed by atoms with Crippen LogP contribution in [0.4, 0.5) is 34.1 Å². The van der Waals surface area contributed by atoms with Gasteiger partial charge in [-0.05, 0) is 227 Å². The fraction of sp³-hybridized carbons (Fsp3) is 0.118. The smallest absolute Gasteiger partial charge is 0.0546 e. The van der Waals surface area contributed by atoms with Gasteiger partial charge in [-0.2, -0.15) is 0 Å². The quantitative estimate of drug-likeness (QED) is 0.140. The van der Waals surface area contributed by atoms with Gasteiger partial charge in [0, 0.05) is 44.3 Å². The van der Waals surface area contributed by atoms with Crippen LogP contribution in [-0.4, -0.2) is 0 Å². The van der Waals surface area contributed by atoms with Crippen molar-refractivity contribution >= 4 is 88.0 Å². The van der Waals surface area contributed by atoms with Gasteiger partial charge in [0.25, 0.3) is 0 Å². The van der Waals surface area contributed by atoms with Crippen molar-refractivity contribution in [1.82, 2.24) is 0 Å². The fourth-order valence-electron chi connectivity index (χ4n) is 10.8. The van der Waals surface area contributed by atoms with Gasteiger partial charge in [-0.3, -0.25) is 0 Å². The third-order valence-electron chi connectivity index (χ3n) is 15.5. The topological polar surface area (TPSA) is 6.48 Å². The van der Waals surface area contributed by atoms with E-state index >= 15 is 0 Å². The summed E-state index contributed by atoms with van der Waals surface area (Å²) in [6.45, 7) is 17.7. The average Bonchev–Trinajstić information content (AvgIpc) is 3.37. The second kappa shape index (κ2) is 16.8. The first kappa shape index (κ1) is 43.1. The van der Waals surface area contributed by atoms with E-state index in [0.717, 1.165) is 34.1 Å². The summed E-state index contributed by atoms with van der Waals surface area (Å²) in [6.07, 6.45) is 0. The van der Waals surface area contributed by atoms with Crippen LogP contribution >= 0.6 is 0 Å². The van der Waals surface area contributed by atoms with Gasteiger partial charge < -0.3 is 9.80 Å². The zero-order valence-corrected chi connectivity index (χ0v) is 41.4. The van der Waals surface area contributed by atoms with Crippen molar-refractivity contribution in [2.75, 3.05) is 9.80 Å². The molecule has 0 aliphatic carbocycles. The molecule has 0 fully saturated rings. The molecule has 2 heteroatoms. The van der Waals surface area contributed by atoms with E-state index in [4.69, 9.17) is 0 Å². The highest BCUT2D eigenvalue weighted by atomic mass is 15.2. The highest BCUT2D eigenvalue weighted by Gasteiger charge is 2.26. The van der Waals surface area contributed by atoms with Gasteiger partial charge in [-0.1, -0.05) is 121 Å². The lowest BCUT2D eigenvalue weighted by molar-refractivity contribution is 1.24. The van der Waals surface area contributed by atoms with Crippen LogP contribution in [0.5, 0.6) is 0 Å². The molecule has 0 atom stereocenters. The Hall–Kier alpha value is -8.20. The van der Waals surface area contributed by atoms with E-state index < -0.39 is 0 Å². The van der Waals surface area contributed by atoms with Crippen LogP contribution in [-0.2, 0) is 0 Å². The summed E-state index contributed by atoms with van der Waals surface area (Å²) in [5, 5.41) is 12.3. The first-order chi connectivity index (χ1) is 34.0. The van der Waals surface area contributed by atoms with Gasteiger partial charge in [-0.15, -0.1) is 0 Å². The molecule has 0 aliphatic rings. The molecule has 2 nitrogen and oxygen atoms in total. The van der Waals surface area contributed by atoms with Gasteiger partial charge in [0.1, 0.15) is 0 Å². The SMILES string of the molecule is Cc1ccc(N(c2ccc(C)c(C)c2)c2cc(-c3ccc4ccccc4c3)c3ccc4c(N(c5ccc(C)c(C)c5)c5ccc(C)c(C)c5)cc(-c5ccc6ccccc6c5)c5ccc2c3c54)cc1C. The Balaban J connectivity index is 1.27. The normalized spacial score (nSPS) is 11.7. The van der Waals surface area contributed by atoms with Crippen LogP contribution in [0, 0.1) is 55.4 Å². The first-order valence-electron chi connectivity index (χ1n) is 24.7. The molecule has 0 heterocycles. The summed E-state index contributed by atoms with van der Waals surface area (Å²) in [5.41, 5.74) is 21.8. The Morgan fingerprint density at radius 2 is 0.557 bits per heavy atom. The number of anilines is 6. The molecule has 0 saturated carbocycles. The van der Waals surface area contributed by atoms with E-state index in [2.05, 4.69) is 259 Å². The largest absolute Gasteiger partial charge is 0.310 e. The van der Waals surface area contributed by atoms with Crippen molar-refractivity contribution in [1.29, 1.82) is 0 Å². The molecule has 0 aromatic heterocycles. The summed E-state index contributed by atoms with van der Waals surface area (Å²) < 4.78 is 0. The lowest BCUT2D eigenvalue weighted by Crippen LogP contribution is -2.13. The molecular weight excluding hydrogens is 845 g/mol. The molecule has 338 valence electrons. The number of hydrogen-bond donors (Lipinski definition) is 0. The molecule has 70 heavy (non-hydrogen) atoms. The minimum absolute atomic E-state index is 1.14. The second-order valence-electron chi connectivity index (χ2n) is 19.8. The number of aryl methyl sites for hydroxylation is 8. The van der Waals surface area contributed by atoms with Gasteiger partial charge in [0.15, 0.2) is 0 Å². The highest BCUT2D eigenvalue weighted by molar-refractivity contribution is 6.32. The molecule has 0 aliphatic heterocycles. The Morgan fingerprint density at radius 3 is 0.886 bits per heavy atom. The van der Waals surface area contributed by atoms with E-state index in [1.54, 1.807) is 0 Å².